The van der Waals surface area contributed by atoms with Crippen molar-refractivity contribution in [1.82, 2.24) is 16.0 Å². The van der Waals surface area contributed by atoms with Crippen molar-refractivity contribution >= 4 is 36.0 Å². The lowest BCUT2D eigenvalue weighted by atomic mass is 10.2. The lowest BCUT2D eigenvalue weighted by Crippen LogP contribution is -2.44. The van der Waals surface area contributed by atoms with E-state index in [4.69, 9.17) is 18.9 Å². The van der Waals surface area contributed by atoms with E-state index in [1.807, 2.05) is 39.8 Å². The van der Waals surface area contributed by atoms with E-state index in [-0.39, 0.29) is 36.1 Å². The number of alkyl carbamates (subject to hydrolysis) is 1. The monoisotopic (exact) mass is 550 g/mol. The fraction of sp³-hybridized carbons (Fsp3) is 0.727. The predicted octanol–water partition coefficient (Wildman–Crippen LogP) is 3.71. The third kappa shape index (κ3) is 12.8. The zero-order chi connectivity index (χ0) is 21.8. The van der Waals surface area contributed by atoms with Gasteiger partial charge in [0.05, 0.1) is 18.8 Å². The maximum absolute atomic E-state index is 12.2. The zero-order valence-corrected chi connectivity index (χ0v) is 21.6. The van der Waals surface area contributed by atoms with E-state index in [2.05, 4.69) is 16.0 Å². The Bertz CT molecular complexity index is 642. The van der Waals surface area contributed by atoms with Gasteiger partial charge in [0.15, 0.2) is 5.96 Å². The quantitative estimate of drug-likeness (QED) is 0.159. The molecule has 2 rings (SSSR count). The summed E-state index contributed by atoms with van der Waals surface area (Å²) in [7, 11) is 0. The molecule has 1 aromatic heterocycles. The first-order valence-corrected chi connectivity index (χ1v) is 11.0. The minimum Gasteiger partial charge on any atom is -0.469 e. The molecule has 1 aliphatic carbocycles. The van der Waals surface area contributed by atoms with Crippen molar-refractivity contribution in [2.24, 2.45) is 10.9 Å². The van der Waals surface area contributed by atoms with E-state index < -0.39 is 5.60 Å². The molecule has 3 N–H and O–H groups in total. The van der Waals surface area contributed by atoms with Crippen LogP contribution < -0.4 is 16.0 Å². The molecule has 0 spiro atoms. The second-order valence-corrected chi connectivity index (χ2v) is 8.51. The normalized spacial score (nSPS) is 15.0. The molecule has 0 saturated heterocycles. The fourth-order valence-electron chi connectivity index (χ4n) is 2.92. The van der Waals surface area contributed by atoms with Crippen LogP contribution in [0.25, 0.3) is 0 Å². The minimum atomic E-state index is -0.512. The molecule has 0 bridgehead atoms. The van der Waals surface area contributed by atoms with Gasteiger partial charge < -0.3 is 29.8 Å². The zero-order valence-electron chi connectivity index (χ0n) is 19.2. The van der Waals surface area contributed by atoms with E-state index in [0.717, 1.165) is 50.6 Å². The molecular formula is C22H39IN4O4. The number of hydrogen-bond donors (Lipinski definition) is 3. The van der Waals surface area contributed by atoms with E-state index in [1.165, 1.54) is 0 Å². The molecule has 1 amide bonds. The number of nitrogens with one attached hydrogen (secondary N) is 3. The first-order valence-electron chi connectivity index (χ1n) is 11.0. The third-order valence-electron chi connectivity index (χ3n) is 4.55. The summed E-state index contributed by atoms with van der Waals surface area (Å²) in [4.78, 5) is 16.9. The van der Waals surface area contributed by atoms with Gasteiger partial charge in [0.25, 0.3) is 0 Å². The molecule has 0 radical (unpaired) electrons. The van der Waals surface area contributed by atoms with Gasteiger partial charge in [-0.2, -0.15) is 0 Å². The average Bonchev–Trinajstić information content (AvgIpc) is 3.39. The Morgan fingerprint density at radius 2 is 2.03 bits per heavy atom. The van der Waals surface area contributed by atoms with Crippen LogP contribution in [-0.2, 0) is 15.9 Å². The number of amides is 1. The van der Waals surface area contributed by atoms with Crippen LogP contribution in [0, 0.1) is 5.92 Å². The SMILES string of the molecule is CCOCCCNC(=NCC(NC(=O)OC(C)(C)C)C1CC1)NCCc1ccco1.I. The molecule has 31 heavy (non-hydrogen) atoms. The molecule has 9 heteroatoms. The summed E-state index contributed by atoms with van der Waals surface area (Å²) in [6, 6.07) is 3.83. The Morgan fingerprint density at radius 3 is 2.65 bits per heavy atom. The van der Waals surface area contributed by atoms with Crippen LogP contribution >= 0.6 is 24.0 Å². The first kappa shape index (κ1) is 27.5. The first-order chi connectivity index (χ1) is 14.4. The number of carbonyl (C=O) groups excluding carboxylic acids is 1. The van der Waals surface area contributed by atoms with E-state index in [1.54, 1.807) is 6.26 Å². The van der Waals surface area contributed by atoms with Crippen LogP contribution in [0.15, 0.2) is 27.8 Å². The number of rotatable bonds is 12. The van der Waals surface area contributed by atoms with Gasteiger partial charge in [-0.3, -0.25) is 4.99 Å². The van der Waals surface area contributed by atoms with Crippen molar-refractivity contribution in [2.45, 2.75) is 65.0 Å². The summed E-state index contributed by atoms with van der Waals surface area (Å²) < 4.78 is 16.2. The Kier molecular flexibility index (Phi) is 12.9. The lowest BCUT2D eigenvalue weighted by Gasteiger charge is -2.23. The molecule has 178 valence electrons. The van der Waals surface area contributed by atoms with Gasteiger partial charge in [-0.15, -0.1) is 24.0 Å². The lowest BCUT2D eigenvalue weighted by molar-refractivity contribution is 0.0500. The topological polar surface area (TPSA) is 97.1 Å². The number of nitrogens with zero attached hydrogens (tertiary/aromatic N) is 1. The highest BCUT2D eigenvalue weighted by Gasteiger charge is 2.33. The number of halogens is 1. The predicted molar refractivity (Wildman–Crippen MR) is 133 cm³/mol. The highest BCUT2D eigenvalue weighted by Crippen LogP contribution is 2.33. The van der Waals surface area contributed by atoms with Crippen LogP contribution in [-0.4, -0.2) is 56.5 Å². The smallest absolute Gasteiger partial charge is 0.407 e. The highest BCUT2D eigenvalue weighted by molar-refractivity contribution is 14.0. The summed E-state index contributed by atoms with van der Waals surface area (Å²) in [6.07, 6.45) is 5.19. The van der Waals surface area contributed by atoms with E-state index in [9.17, 15) is 4.79 Å². The van der Waals surface area contributed by atoms with Gasteiger partial charge in [0.2, 0.25) is 0 Å². The molecular weight excluding hydrogens is 511 g/mol. The van der Waals surface area contributed by atoms with Crippen LogP contribution in [0.4, 0.5) is 4.79 Å². The average molecular weight is 550 g/mol. The van der Waals surface area contributed by atoms with Crippen LogP contribution in [0.2, 0.25) is 0 Å². The summed E-state index contributed by atoms with van der Waals surface area (Å²) >= 11 is 0. The molecule has 1 aliphatic rings. The molecule has 1 aromatic rings. The highest BCUT2D eigenvalue weighted by atomic mass is 127. The maximum Gasteiger partial charge on any atom is 0.407 e. The number of ether oxygens (including phenoxy) is 2. The summed E-state index contributed by atoms with van der Waals surface area (Å²) in [5.74, 6) is 2.12. The third-order valence-corrected chi connectivity index (χ3v) is 4.55. The second-order valence-electron chi connectivity index (χ2n) is 8.51. The van der Waals surface area contributed by atoms with Crippen molar-refractivity contribution < 1.29 is 18.7 Å². The van der Waals surface area contributed by atoms with Gasteiger partial charge >= 0.3 is 6.09 Å². The number of carbonyl (C=O) groups is 1. The van der Waals surface area contributed by atoms with E-state index >= 15 is 0 Å². The van der Waals surface area contributed by atoms with Gasteiger partial charge in [-0.05, 0) is 65.0 Å². The molecule has 8 nitrogen and oxygen atoms in total. The van der Waals surface area contributed by atoms with Gasteiger partial charge in [0.1, 0.15) is 11.4 Å². The number of aliphatic imine (C=N–C) groups is 1. The minimum absolute atomic E-state index is 0. The van der Waals surface area contributed by atoms with Crippen molar-refractivity contribution in [3.8, 4) is 0 Å². The molecule has 0 aromatic carbocycles. The Hall–Kier alpha value is -1.49. The molecule has 0 aliphatic heterocycles. The summed E-state index contributed by atoms with van der Waals surface area (Å²) in [5.41, 5.74) is -0.512. The largest absolute Gasteiger partial charge is 0.469 e. The molecule has 1 saturated carbocycles. The maximum atomic E-state index is 12.2. The van der Waals surface area contributed by atoms with Gasteiger partial charge in [0, 0.05) is 32.7 Å². The molecule has 1 heterocycles. The standard InChI is InChI=1S/C22H38N4O4.HI/c1-5-28-14-7-12-23-20(24-13-11-18-8-6-15-29-18)25-16-19(17-9-10-17)26-21(27)30-22(2,3)4;/h6,8,15,17,19H,5,7,9-14,16H2,1-4H3,(H,26,27)(H2,23,24,25);1H. The molecule has 1 unspecified atom stereocenters. The Labute approximate surface area is 203 Å². The molecule has 1 atom stereocenters. The Morgan fingerprint density at radius 1 is 1.29 bits per heavy atom. The van der Waals surface area contributed by atoms with Crippen molar-refractivity contribution in [3.05, 3.63) is 24.2 Å². The van der Waals surface area contributed by atoms with Crippen LogP contribution in [0.3, 0.4) is 0 Å². The second kappa shape index (κ2) is 14.5. The van der Waals surface area contributed by atoms with E-state index in [0.29, 0.717) is 25.6 Å². The summed E-state index contributed by atoms with van der Waals surface area (Å²) in [6.45, 7) is 11.0. The number of guanidine groups is 1. The van der Waals surface area contributed by atoms with Crippen molar-refractivity contribution in [1.29, 1.82) is 0 Å². The van der Waals surface area contributed by atoms with Crippen molar-refractivity contribution in [3.63, 3.8) is 0 Å². The summed E-state index contributed by atoms with van der Waals surface area (Å²) in [5, 5.41) is 9.69. The number of furan rings is 1. The Balaban J connectivity index is 0.00000480. The van der Waals surface area contributed by atoms with Gasteiger partial charge in [-0.25, -0.2) is 4.79 Å². The van der Waals surface area contributed by atoms with Gasteiger partial charge in [-0.1, -0.05) is 0 Å². The fourth-order valence-corrected chi connectivity index (χ4v) is 2.92. The number of hydrogen-bond acceptors (Lipinski definition) is 5. The van der Waals surface area contributed by atoms with Crippen LogP contribution in [0.5, 0.6) is 0 Å². The molecule has 1 fully saturated rings. The van der Waals surface area contributed by atoms with Crippen molar-refractivity contribution in [2.75, 3.05) is 32.8 Å². The van der Waals surface area contributed by atoms with Crippen LogP contribution in [0.1, 0.15) is 52.7 Å².